The van der Waals surface area contributed by atoms with Gasteiger partial charge in [-0.25, -0.2) is 4.39 Å². The minimum atomic E-state index is -0.453. The Morgan fingerprint density at radius 3 is 2.82 bits per heavy atom. The van der Waals surface area contributed by atoms with Gasteiger partial charge in [-0.1, -0.05) is 0 Å². The van der Waals surface area contributed by atoms with E-state index in [0.29, 0.717) is 5.92 Å². The van der Waals surface area contributed by atoms with Gasteiger partial charge in [0.2, 0.25) is 0 Å². The van der Waals surface area contributed by atoms with Crippen molar-refractivity contribution in [2.45, 2.75) is 31.7 Å². The Morgan fingerprint density at radius 2 is 2.29 bits per heavy atom. The van der Waals surface area contributed by atoms with Crippen LogP contribution in [0.1, 0.15) is 24.8 Å². The molecule has 2 nitrogen and oxygen atoms in total. The number of anilines is 1. The zero-order chi connectivity index (χ0) is 12.0. The maximum atomic E-state index is 13.3. The van der Waals surface area contributed by atoms with Crippen LogP contribution < -0.4 is 5.32 Å². The lowest BCUT2D eigenvalue weighted by Gasteiger charge is -2.26. The molecule has 3 rings (SSSR count). The molecule has 3 atom stereocenters. The number of nitrogens with zero attached hydrogens (tertiary/aromatic N) is 1. The molecule has 0 spiro atoms. The second kappa shape index (κ2) is 3.46. The molecular formula is C14H15FN2. The van der Waals surface area contributed by atoms with Crippen molar-refractivity contribution >= 4 is 5.69 Å². The third kappa shape index (κ3) is 1.68. The third-order valence-electron chi connectivity index (χ3n) is 4.07. The number of nitriles is 1. The summed E-state index contributed by atoms with van der Waals surface area (Å²) in [5.74, 6) is 0.943. The second-order valence-electron chi connectivity index (χ2n) is 5.37. The standard InChI is InChI=1S/C14H15FN2/c1-9-4-11(15)7-12(5-9)17-14(8-16)3-2-10-6-13(10)14/h4-5,7,10,13,17H,2-3,6H2,1H3. The van der Waals surface area contributed by atoms with E-state index < -0.39 is 5.54 Å². The van der Waals surface area contributed by atoms with E-state index in [4.69, 9.17) is 0 Å². The first-order valence-corrected chi connectivity index (χ1v) is 6.09. The van der Waals surface area contributed by atoms with E-state index in [0.717, 1.165) is 36.4 Å². The highest BCUT2D eigenvalue weighted by molar-refractivity contribution is 5.51. The van der Waals surface area contributed by atoms with Crippen molar-refractivity contribution in [2.75, 3.05) is 5.32 Å². The fourth-order valence-electron chi connectivity index (χ4n) is 3.16. The zero-order valence-electron chi connectivity index (χ0n) is 9.83. The Bertz CT molecular complexity index is 485. The first-order chi connectivity index (χ1) is 8.13. The number of benzene rings is 1. The summed E-state index contributed by atoms with van der Waals surface area (Å²) >= 11 is 0. The summed E-state index contributed by atoms with van der Waals surface area (Å²) in [6.07, 6.45) is 3.16. The summed E-state index contributed by atoms with van der Waals surface area (Å²) in [6, 6.07) is 7.30. The molecule has 0 amide bonds. The number of hydrogen-bond donors (Lipinski definition) is 1. The SMILES string of the molecule is Cc1cc(F)cc(NC2(C#N)CCC3CC32)c1. The molecule has 0 aliphatic heterocycles. The van der Waals surface area contributed by atoms with Crippen LogP contribution in [0.15, 0.2) is 18.2 Å². The highest BCUT2D eigenvalue weighted by atomic mass is 19.1. The molecule has 0 saturated heterocycles. The second-order valence-corrected chi connectivity index (χ2v) is 5.37. The van der Waals surface area contributed by atoms with Gasteiger partial charge in [0.25, 0.3) is 0 Å². The van der Waals surface area contributed by atoms with E-state index in [-0.39, 0.29) is 5.82 Å². The predicted octanol–water partition coefficient (Wildman–Crippen LogP) is 3.24. The Morgan fingerprint density at radius 1 is 1.47 bits per heavy atom. The van der Waals surface area contributed by atoms with Crippen molar-refractivity contribution < 1.29 is 4.39 Å². The van der Waals surface area contributed by atoms with Gasteiger partial charge in [0.05, 0.1) is 6.07 Å². The van der Waals surface area contributed by atoms with E-state index in [2.05, 4.69) is 11.4 Å². The van der Waals surface area contributed by atoms with Gasteiger partial charge in [-0.05, 0) is 61.8 Å². The van der Waals surface area contributed by atoms with Gasteiger partial charge in [0, 0.05) is 5.69 Å². The van der Waals surface area contributed by atoms with Crippen molar-refractivity contribution in [3.8, 4) is 6.07 Å². The average molecular weight is 230 g/mol. The van der Waals surface area contributed by atoms with E-state index in [1.54, 1.807) is 0 Å². The van der Waals surface area contributed by atoms with Crippen LogP contribution in [0.3, 0.4) is 0 Å². The lowest BCUT2D eigenvalue weighted by atomic mass is 9.94. The summed E-state index contributed by atoms with van der Waals surface area (Å²) in [5, 5.41) is 12.7. The number of rotatable bonds is 2. The molecule has 0 heterocycles. The van der Waals surface area contributed by atoms with Crippen molar-refractivity contribution in [3.63, 3.8) is 0 Å². The maximum absolute atomic E-state index is 13.3. The Balaban J connectivity index is 1.89. The van der Waals surface area contributed by atoms with Gasteiger partial charge in [-0.2, -0.15) is 5.26 Å². The molecule has 0 bridgehead atoms. The highest BCUT2D eigenvalue weighted by Crippen LogP contribution is 2.58. The first-order valence-electron chi connectivity index (χ1n) is 6.09. The lowest BCUT2D eigenvalue weighted by molar-refractivity contribution is 0.534. The zero-order valence-corrected chi connectivity index (χ0v) is 9.83. The van der Waals surface area contributed by atoms with Crippen LogP contribution in [0, 0.1) is 35.9 Å². The smallest absolute Gasteiger partial charge is 0.128 e. The molecule has 17 heavy (non-hydrogen) atoms. The molecule has 1 N–H and O–H groups in total. The summed E-state index contributed by atoms with van der Waals surface area (Å²) in [6.45, 7) is 1.86. The molecule has 0 aromatic heterocycles. The van der Waals surface area contributed by atoms with E-state index in [9.17, 15) is 9.65 Å². The summed E-state index contributed by atoms with van der Waals surface area (Å²) in [7, 11) is 0. The summed E-state index contributed by atoms with van der Waals surface area (Å²) < 4.78 is 13.3. The van der Waals surface area contributed by atoms with Crippen LogP contribution >= 0.6 is 0 Å². The van der Waals surface area contributed by atoms with Gasteiger partial charge >= 0.3 is 0 Å². The molecular weight excluding hydrogens is 215 g/mol. The van der Waals surface area contributed by atoms with E-state index in [1.165, 1.54) is 12.1 Å². The molecule has 0 radical (unpaired) electrons. The van der Waals surface area contributed by atoms with Crippen LogP contribution in [0.5, 0.6) is 0 Å². The largest absolute Gasteiger partial charge is 0.367 e. The van der Waals surface area contributed by atoms with Crippen LogP contribution in [0.4, 0.5) is 10.1 Å². The lowest BCUT2D eigenvalue weighted by Crippen LogP contribution is -2.36. The van der Waals surface area contributed by atoms with Gasteiger partial charge in [0.1, 0.15) is 11.4 Å². The molecule has 1 aromatic rings. The molecule has 3 unspecified atom stereocenters. The maximum Gasteiger partial charge on any atom is 0.128 e. The quantitative estimate of drug-likeness (QED) is 0.846. The van der Waals surface area contributed by atoms with Gasteiger partial charge in [-0.3, -0.25) is 0 Å². The van der Waals surface area contributed by atoms with Crippen LogP contribution in [0.25, 0.3) is 0 Å². The normalized spacial score (nSPS) is 33.9. The van der Waals surface area contributed by atoms with E-state index >= 15 is 0 Å². The fraction of sp³-hybridized carbons (Fsp3) is 0.500. The van der Waals surface area contributed by atoms with E-state index in [1.807, 2.05) is 13.0 Å². The van der Waals surface area contributed by atoms with Gasteiger partial charge in [0.15, 0.2) is 0 Å². The Kier molecular flexibility index (Phi) is 2.16. The fourth-order valence-corrected chi connectivity index (χ4v) is 3.16. The van der Waals surface area contributed by atoms with Crippen molar-refractivity contribution in [1.29, 1.82) is 5.26 Å². The average Bonchev–Trinajstić information content (AvgIpc) is 2.97. The number of nitrogens with one attached hydrogen (secondary N) is 1. The van der Waals surface area contributed by atoms with Crippen molar-refractivity contribution in [3.05, 3.63) is 29.6 Å². The monoisotopic (exact) mass is 230 g/mol. The molecule has 2 saturated carbocycles. The minimum absolute atomic E-state index is 0.245. The number of aryl methyl sites for hydroxylation is 1. The first kappa shape index (κ1) is 10.6. The third-order valence-corrected chi connectivity index (χ3v) is 4.07. The molecule has 1 aromatic carbocycles. The molecule has 3 heteroatoms. The topological polar surface area (TPSA) is 35.8 Å². The van der Waals surface area contributed by atoms with Crippen LogP contribution in [0.2, 0.25) is 0 Å². The van der Waals surface area contributed by atoms with Crippen molar-refractivity contribution in [1.82, 2.24) is 0 Å². The van der Waals surface area contributed by atoms with Crippen LogP contribution in [-0.2, 0) is 0 Å². The van der Waals surface area contributed by atoms with Crippen LogP contribution in [-0.4, -0.2) is 5.54 Å². The molecule has 2 fully saturated rings. The highest BCUT2D eigenvalue weighted by Gasteiger charge is 2.58. The number of halogens is 1. The summed E-state index contributed by atoms with van der Waals surface area (Å²) in [5.41, 5.74) is 1.16. The minimum Gasteiger partial charge on any atom is -0.367 e. The van der Waals surface area contributed by atoms with Gasteiger partial charge in [-0.15, -0.1) is 0 Å². The van der Waals surface area contributed by atoms with Crippen molar-refractivity contribution in [2.24, 2.45) is 11.8 Å². The molecule has 88 valence electrons. The Labute approximate surface area is 100 Å². The number of hydrogen-bond acceptors (Lipinski definition) is 2. The molecule has 2 aliphatic carbocycles. The van der Waals surface area contributed by atoms with Gasteiger partial charge < -0.3 is 5.32 Å². The predicted molar refractivity (Wildman–Crippen MR) is 63.9 cm³/mol. The summed E-state index contributed by atoms with van der Waals surface area (Å²) in [4.78, 5) is 0. The molecule has 2 aliphatic rings. The number of fused-ring (bicyclic) bond motifs is 1. The Hall–Kier alpha value is -1.56.